The van der Waals surface area contributed by atoms with Gasteiger partial charge in [0.1, 0.15) is 10.6 Å². The second kappa shape index (κ2) is 5.41. The van der Waals surface area contributed by atoms with Crippen LogP contribution in [0.15, 0.2) is 34.1 Å². The van der Waals surface area contributed by atoms with Gasteiger partial charge in [0.05, 0.1) is 11.3 Å². The molecular weight excluding hydrogens is 334 g/mol. The van der Waals surface area contributed by atoms with Crippen LogP contribution >= 0.6 is 27.3 Å². The molecule has 0 radical (unpaired) electrons. The third kappa shape index (κ3) is 2.94. The van der Waals surface area contributed by atoms with Crippen LogP contribution < -0.4 is 5.32 Å². The van der Waals surface area contributed by atoms with Gasteiger partial charge >= 0.3 is 5.97 Å². The maximum absolute atomic E-state index is 12.0. The highest BCUT2D eigenvalue weighted by Gasteiger charge is 2.17. The van der Waals surface area contributed by atoms with Gasteiger partial charge in [0.15, 0.2) is 0 Å². The molecule has 0 aliphatic heterocycles. The lowest BCUT2D eigenvalue weighted by atomic mass is 10.2. The Morgan fingerprint density at radius 3 is 2.68 bits per heavy atom. The Hall–Kier alpha value is -1.86. The molecule has 7 heteroatoms. The molecule has 0 atom stereocenters. The van der Waals surface area contributed by atoms with Gasteiger partial charge in [0.2, 0.25) is 0 Å². The summed E-state index contributed by atoms with van der Waals surface area (Å²) in [5.74, 6) is -1.85. The van der Waals surface area contributed by atoms with Gasteiger partial charge in [-0.15, -0.1) is 11.3 Å². The highest BCUT2D eigenvalue weighted by atomic mass is 79.9. The smallest absolute Gasteiger partial charge is 0.348 e. The molecule has 0 unspecified atom stereocenters. The molecule has 19 heavy (non-hydrogen) atoms. The number of phenols is 1. The van der Waals surface area contributed by atoms with Gasteiger partial charge < -0.3 is 15.5 Å². The zero-order chi connectivity index (χ0) is 14.0. The van der Waals surface area contributed by atoms with E-state index < -0.39 is 11.9 Å². The highest BCUT2D eigenvalue weighted by Crippen LogP contribution is 2.26. The van der Waals surface area contributed by atoms with Gasteiger partial charge in [-0.05, 0) is 29.6 Å². The number of aromatic hydroxyl groups is 1. The number of hydrogen-bond donors (Lipinski definition) is 3. The van der Waals surface area contributed by atoms with E-state index in [1.165, 1.54) is 18.2 Å². The number of carbonyl (C=O) groups is 2. The van der Waals surface area contributed by atoms with Crippen molar-refractivity contribution in [3.05, 3.63) is 44.6 Å². The van der Waals surface area contributed by atoms with Crippen molar-refractivity contribution >= 4 is 44.8 Å². The summed E-state index contributed by atoms with van der Waals surface area (Å²) in [5.41, 5.74) is 0.277. The lowest BCUT2D eigenvalue weighted by Gasteiger charge is -2.06. The number of carbonyl (C=O) groups excluding carboxylic acids is 1. The minimum absolute atomic E-state index is 0.0443. The average Bonchev–Trinajstić information content (AvgIpc) is 2.80. The predicted octanol–water partition coefficient (Wildman–Crippen LogP) is 3.17. The first-order chi connectivity index (χ1) is 8.99. The van der Waals surface area contributed by atoms with Crippen molar-refractivity contribution in [2.75, 3.05) is 5.32 Å². The first-order valence-corrected chi connectivity index (χ1v) is 6.77. The number of carboxylic acids is 1. The first kappa shape index (κ1) is 13.6. The molecule has 0 spiro atoms. The molecular formula is C12H8BrNO4S. The van der Waals surface area contributed by atoms with E-state index in [0.29, 0.717) is 4.47 Å². The quantitative estimate of drug-likeness (QED) is 0.800. The van der Waals surface area contributed by atoms with E-state index in [1.54, 1.807) is 11.4 Å². The molecule has 0 aliphatic rings. The van der Waals surface area contributed by atoms with E-state index in [9.17, 15) is 14.7 Å². The number of aromatic carboxylic acids is 1. The molecule has 1 aromatic heterocycles. The Morgan fingerprint density at radius 2 is 2.00 bits per heavy atom. The number of amides is 1. The molecule has 2 rings (SSSR count). The number of hydrogen-bond acceptors (Lipinski definition) is 4. The number of nitrogens with one attached hydrogen (secondary N) is 1. The molecule has 3 N–H and O–H groups in total. The van der Waals surface area contributed by atoms with Crippen LogP contribution in [-0.2, 0) is 0 Å². The molecule has 1 amide bonds. The molecule has 0 saturated carbocycles. The van der Waals surface area contributed by atoms with Crippen molar-refractivity contribution in [1.29, 1.82) is 0 Å². The number of phenolic OH excluding ortho intramolecular Hbond substituents is 1. The minimum atomic E-state index is -1.11. The van der Waals surface area contributed by atoms with Crippen LogP contribution in [0, 0.1) is 0 Å². The summed E-state index contributed by atoms with van der Waals surface area (Å²) in [7, 11) is 0. The standard InChI is InChI=1S/C12H8BrNO4S/c13-6-1-2-9(15)7(5-6)11(16)14-8-3-4-19-10(8)12(17)18/h1-5,15H,(H,14,16)(H,17,18). The Morgan fingerprint density at radius 1 is 1.26 bits per heavy atom. The van der Waals surface area contributed by atoms with Crippen LogP contribution in [0.25, 0.3) is 0 Å². The van der Waals surface area contributed by atoms with Crippen LogP contribution in [-0.4, -0.2) is 22.1 Å². The van der Waals surface area contributed by atoms with Gasteiger partial charge in [-0.25, -0.2) is 4.79 Å². The maximum Gasteiger partial charge on any atom is 0.348 e. The number of rotatable bonds is 3. The fraction of sp³-hybridized carbons (Fsp3) is 0. The van der Waals surface area contributed by atoms with Gasteiger partial charge in [-0.3, -0.25) is 4.79 Å². The van der Waals surface area contributed by atoms with Gasteiger partial charge in [0.25, 0.3) is 5.91 Å². The van der Waals surface area contributed by atoms with Crippen molar-refractivity contribution in [3.8, 4) is 5.75 Å². The summed E-state index contributed by atoms with van der Waals surface area (Å²) in [5, 5.41) is 22.6. The van der Waals surface area contributed by atoms with Crippen LogP contribution in [0.2, 0.25) is 0 Å². The summed E-state index contributed by atoms with van der Waals surface area (Å²) in [4.78, 5) is 22.9. The van der Waals surface area contributed by atoms with Crippen LogP contribution in [0.4, 0.5) is 5.69 Å². The zero-order valence-electron chi connectivity index (χ0n) is 9.38. The molecule has 98 valence electrons. The SMILES string of the molecule is O=C(Nc1ccsc1C(=O)O)c1cc(Br)ccc1O. The van der Waals surface area contributed by atoms with Crippen LogP contribution in [0.5, 0.6) is 5.75 Å². The Kier molecular flexibility index (Phi) is 3.87. The van der Waals surface area contributed by atoms with Crippen molar-refractivity contribution in [2.24, 2.45) is 0 Å². The van der Waals surface area contributed by atoms with Crippen LogP contribution in [0.3, 0.4) is 0 Å². The van der Waals surface area contributed by atoms with E-state index in [0.717, 1.165) is 11.3 Å². The average molecular weight is 342 g/mol. The second-order valence-corrected chi connectivity index (χ2v) is 5.42. The topological polar surface area (TPSA) is 86.6 Å². The maximum atomic E-state index is 12.0. The van der Waals surface area contributed by atoms with Crippen molar-refractivity contribution in [1.82, 2.24) is 0 Å². The van der Waals surface area contributed by atoms with E-state index in [4.69, 9.17) is 5.11 Å². The number of carboxylic acid groups (broad SMARTS) is 1. The Balaban J connectivity index is 2.28. The molecule has 0 saturated heterocycles. The van der Waals surface area contributed by atoms with E-state index in [-0.39, 0.29) is 21.9 Å². The lowest BCUT2D eigenvalue weighted by molar-refractivity contribution is 0.0703. The van der Waals surface area contributed by atoms with E-state index in [1.807, 2.05) is 0 Å². The summed E-state index contributed by atoms with van der Waals surface area (Å²) in [6, 6.07) is 5.93. The summed E-state index contributed by atoms with van der Waals surface area (Å²) in [6.45, 7) is 0. The Bertz CT molecular complexity index is 653. The normalized spacial score (nSPS) is 10.2. The van der Waals surface area contributed by atoms with Gasteiger partial charge in [-0.1, -0.05) is 15.9 Å². The fourth-order valence-corrected chi connectivity index (χ4v) is 2.50. The highest BCUT2D eigenvalue weighted by molar-refractivity contribution is 9.10. The second-order valence-electron chi connectivity index (χ2n) is 3.58. The third-order valence-corrected chi connectivity index (χ3v) is 3.71. The molecule has 5 nitrogen and oxygen atoms in total. The largest absolute Gasteiger partial charge is 0.507 e. The Labute approximate surface area is 120 Å². The fourth-order valence-electron chi connectivity index (χ4n) is 1.45. The lowest BCUT2D eigenvalue weighted by Crippen LogP contribution is -2.13. The molecule has 0 bridgehead atoms. The zero-order valence-corrected chi connectivity index (χ0v) is 11.8. The molecule has 2 aromatic rings. The van der Waals surface area contributed by atoms with Crippen molar-refractivity contribution < 1.29 is 19.8 Å². The summed E-state index contributed by atoms with van der Waals surface area (Å²) >= 11 is 4.21. The van der Waals surface area contributed by atoms with Crippen molar-refractivity contribution in [2.45, 2.75) is 0 Å². The minimum Gasteiger partial charge on any atom is -0.507 e. The predicted molar refractivity (Wildman–Crippen MR) is 75.0 cm³/mol. The number of halogens is 1. The van der Waals surface area contributed by atoms with Crippen LogP contribution in [0.1, 0.15) is 20.0 Å². The monoisotopic (exact) mass is 341 g/mol. The summed E-state index contributed by atoms with van der Waals surface area (Å²) in [6.07, 6.45) is 0. The van der Waals surface area contributed by atoms with E-state index >= 15 is 0 Å². The third-order valence-electron chi connectivity index (χ3n) is 2.31. The summed E-state index contributed by atoms with van der Waals surface area (Å²) < 4.78 is 0.638. The molecule has 1 heterocycles. The molecule has 1 aromatic carbocycles. The van der Waals surface area contributed by atoms with Gasteiger partial charge in [-0.2, -0.15) is 0 Å². The van der Waals surface area contributed by atoms with Crippen molar-refractivity contribution in [3.63, 3.8) is 0 Å². The van der Waals surface area contributed by atoms with Gasteiger partial charge in [0, 0.05) is 4.47 Å². The molecule has 0 fully saturated rings. The molecule has 0 aliphatic carbocycles. The number of benzene rings is 1. The first-order valence-electron chi connectivity index (χ1n) is 5.09. The number of thiophene rings is 1. The van der Waals surface area contributed by atoms with E-state index in [2.05, 4.69) is 21.2 Å². The number of anilines is 1.